The molecule has 1 aromatic carbocycles. The van der Waals surface area contributed by atoms with Gasteiger partial charge in [-0.25, -0.2) is 0 Å². The first-order chi connectivity index (χ1) is 8.66. The fourth-order valence-corrected chi connectivity index (χ4v) is 2.59. The van der Waals surface area contributed by atoms with E-state index >= 15 is 0 Å². The molecule has 2 aromatic rings. The molecule has 0 fully saturated rings. The van der Waals surface area contributed by atoms with E-state index in [-0.39, 0.29) is 6.04 Å². The van der Waals surface area contributed by atoms with Crippen LogP contribution in [0.4, 0.5) is 0 Å². The molecular formula is C15H19NOS. The average Bonchev–Trinajstić information content (AvgIpc) is 2.90. The standard InChI is InChI=1S/C15H19NOS/c1-11-5-7-13(8-6-11)14(17)10-16-12(2)15-4-3-9-18-15/h3-9,12,14,16-17H,10H2,1-2H3. The Bertz CT molecular complexity index is 464. The van der Waals surface area contributed by atoms with Crippen LogP contribution in [0, 0.1) is 6.92 Å². The summed E-state index contributed by atoms with van der Waals surface area (Å²) in [4.78, 5) is 1.30. The van der Waals surface area contributed by atoms with Gasteiger partial charge in [0, 0.05) is 17.5 Å². The van der Waals surface area contributed by atoms with Crippen LogP contribution in [0.3, 0.4) is 0 Å². The zero-order valence-electron chi connectivity index (χ0n) is 10.8. The smallest absolute Gasteiger partial charge is 0.0914 e. The summed E-state index contributed by atoms with van der Waals surface area (Å²) in [6.45, 7) is 4.74. The molecule has 0 aliphatic carbocycles. The first-order valence-electron chi connectivity index (χ1n) is 6.18. The lowest BCUT2D eigenvalue weighted by Crippen LogP contribution is -2.24. The van der Waals surface area contributed by atoms with Gasteiger partial charge in [-0.2, -0.15) is 0 Å². The van der Waals surface area contributed by atoms with E-state index in [1.54, 1.807) is 11.3 Å². The molecule has 1 aromatic heterocycles. The topological polar surface area (TPSA) is 32.3 Å². The molecule has 2 nitrogen and oxygen atoms in total. The van der Waals surface area contributed by atoms with Gasteiger partial charge < -0.3 is 10.4 Å². The molecule has 0 bridgehead atoms. The maximum absolute atomic E-state index is 10.1. The fraction of sp³-hybridized carbons (Fsp3) is 0.333. The van der Waals surface area contributed by atoms with Crippen molar-refractivity contribution in [1.29, 1.82) is 0 Å². The van der Waals surface area contributed by atoms with Crippen LogP contribution < -0.4 is 5.32 Å². The molecule has 2 unspecified atom stereocenters. The lowest BCUT2D eigenvalue weighted by Gasteiger charge is -2.16. The molecule has 0 amide bonds. The number of aliphatic hydroxyl groups excluding tert-OH is 1. The minimum Gasteiger partial charge on any atom is -0.387 e. The Labute approximate surface area is 112 Å². The van der Waals surface area contributed by atoms with Crippen molar-refractivity contribution in [3.05, 3.63) is 57.8 Å². The Morgan fingerprint density at radius 1 is 1.22 bits per heavy atom. The summed E-state index contributed by atoms with van der Waals surface area (Å²) < 4.78 is 0. The van der Waals surface area contributed by atoms with Gasteiger partial charge in [0.1, 0.15) is 0 Å². The summed E-state index contributed by atoms with van der Waals surface area (Å²) in [5, 5.41) is 15.5. The molecule has 0 saturated carbocycles. The second-order valence-electron chi connectivity index (χ2n) is 4.57. The van der Waals surface area contributed by atoms with Crippen molar-refractivity contribution < 1.29 is 5.11 Å². The minimum absolute atomic E-state index is 0.282. The summed E-state index contributed by atoms with van der Waals surface area (Å²) in [5.41, 5.74) is 2.18. The third-order valence-corrected chi connectivity index (χ3v) is 4.10. The lowest BCUT2D eigenvalue weighted by atomic mass is 10.1. The molecule has 2 N–H and O–H groups in total. The van der Waals surface area contributed by atoms with E-state index in [0.29, 0.717) is 6.54 Å². The number of aryl methyl sites for hydroxylation is 1. The van der Waals surface area contributed by atoms with Crippen molar-refractivity contribution in [3.63, 3.8) is 0 Å². The molecule has 2 atom stereocenters. The van der Waals surface area contributed by atoms with Crippen molar-refractivity contribution in [3.8, 4) is 0 Å². The molecule has 96 valence electrons. The van der Waals surface area contributed by atoms with Gasteiger partial charge in [-0.05, 0) is 30.9 Å². The second kappa shape index (κ2) is 6.14. The second-order valence-corrected chi connectivity index (χ2v) is 5.55. The van der Waals surface area contributed by atoms with Gasteiger partial charge in [0.15, 0.2) is 0 Å². The highest BCUT2D eigenvalue weighted by Gasteiger charge is 2.10. The lowest BCUT2D eigenvalue weighted by molar-refractivity contribution is 0.171. The van der Waals surface area contributed by atoms with E-state index in [9.17, 15) is 5.11 Å². The van der Waals surface area contributed by atoms with Crippen LogP contribution in [0.15, 0.2) is 41.8 Å². The molecular weight excluding hydrogens is 242 g/mol. The zero-order chi connectivity index (χ0) is 13.0. The Morgan fingerprint density at radius 3 is 2.56 bits per heavy atom. The van der Waals surface area contributed by atoms with E-state index in [1.165, 1.54) is 10.4 Å². The maximum atomic E-state index is 10.1. The summed E-state index contributed by atoms with van der Waals surface area (Å²) >= 11 is 1.74. The van der Waals surface area contributed by atoms with Crippen molar-refractivity contribution in [2.75, 3.05) is 6.54 Å². The molecule has 0 radical (unpaired) electrons. The van der Waals surface area contributed by atoms with Gasteiger partial charge in [-0.3, -0.25) is 0 Å². The van der Waals surface area contributed by atoms with Crippen molar-refractivity contribution in [1.82, 2.24) is 5.32 Å². The van der Waals surface area contributed by atoms with Gasteiger partial charge in [0.25, 0.3) is 0 Å². The molecule has 0 aliphatic heterocycles. The quantitative estimate of drug-likeness (QED) is 0.864. The van der Waals surface area contributed by atoms with E-state index in [4.69, 9.17) is 0 Å². The summed E-state index contributed by atoms with van der Waals surface area (Å²) in [6.07, 6.45) is -0.451. The Balaban J connectivity index is 1.88. The third-order valence-electron chi connectivity index (χ3n) is 3.05. The SMILES string of the molecule is Cc1ccc(C(O)CNC(C)c2cccs2)cc1. The highest BCUT2D eigenvalue weighted by atomic mass is 32.1. The largest absolute Gasteiger partial charge is 0.387 e. The Hall–Kier alpha value is -1.16. The molecule has 18 heavy (non-hydrogen) atoms. The van der Waals surface area contributed by atoms with Crippen LogP contribution in [0.25, 0.3) is 0 Å². The van der Waals surface area contributed by atoms with Gasteiger partial charge >= 0.3 is 0 Å². The van der Waals surface area contributed by atoms with E-state index in [0.717, 1.165) is 5.56 Å². The molecule has 1 heterocycles. The Kier molecular flexibility index (Phi) is 4.53. The average molecular weight is 261 g/mol. The van der Waals surface area contributed by atoms with Crippen LogP contribution in [0.5, 0.6) is 0 Å². The monoisotopic (exact) mass is 261 g/mol. The number of benzene rings is 1. The van der Waals surface area contributed by atoms with E-state index in [1.807, 2.05) is 31.2 Å². The van der Waals surface area contributed by atoms with Crippen molar-refractivity contribution >= 4 is 11.3 Å². The molecule has 3 heteroatoms. The first-order valence-corrected chi connectivity index (χ1v) is 7.06. The first kappa shape index (κ1) is 13.3. The summed E-state index contributed by atoms with van der Waals surface area (Å²) in [5.74, 6) is 0. The minimum atomic E-state index is -0.451. The molecule has 0 spiro atoms. The van der Waals surface area contributed by atoms with Gasteiger partial charge in [-0.15, -0.1) is 11.3 Å². The van der Waals surface area contributed by atoms with Crippen molar-refractivity contribution in [2.24, 2.45) is 0 Å². The van der Waals surface area contributed by atoms with Crippen LogP contribution in [-0.2, 0) is 0 Å². The fourth-order valence-electron chi connectivity index (χ4n) is 1.83. The summed E-state index contributed by atoms with van der Waals surface area (Å²) in [6, 6.07) is 12.5. The maximum Gasteiger partial charge on any atom is 0.0914 e. The predicted molar refractivity (Wildman–Crippen MR) is 76.9 cm³/mol. The molecule has 0 saturated heterocycles. The molecule has 2 rings (SSSR count). The van der Waals surface area contributed by atoms with Crippen LogP contribution in [-0.4, -0.2) is 11.7 Å². The van der Waals surface area contributed by atoms with Crippen LogP contribution in [0.2, 0.25) is 0 Å². The predicted octanol–water partition coefficient (Wildman–Crippen LogP) is 3.44. The van der Waals surface area contributed by atoms with Crippen LogP contribution >= 0.6 is 11.3 Å². The number of rotatable bonds is 5. The zero-order valence-corrected chi connectivity index (χ0v) is 11.6. The molecule has 0 aliphatic rings. The number of aliphatic hydroxyl groups is 1. The number of hydrogen-bond donors (Lipinski definition) is 2. The van der Waals surface area contributed by atoms with Crippen molar-refractivity contribution in [2.45, 2.75) is 26.0 Å². The highest BCUT2D eigenvalue weighted by Crippen LogP contribution is 2.19. The van der Waals surface area contributed by atoms with Gasteiger partial charge in [0.2, 0.25) is 0 Å². The Morgan fingerprint density at radius 2 is 1.94 bits per heavy atom. The van der Waals surface area contributed by atoms with Gasteiger partial charge in [0.05, 0.1) is 6.10 Å². The number of hydrogen-bond acceptors (Lipinski definition) is 3. The number of nitrogens with one attached hydrogen (secondary N) is 1. The third kappa shape index (κ3) is 3.42. The summed E-state index contributed by atoms with van der Waals surface area (Å²) in [7, 11) is 0. The van der Waals surface area contributed by atoms with E-state index in [2.05, 4.69) is 29.8 Å². The van der Waals surface area contributed by atoms with Crippen LogP contribution in [0.1, 0.15) is 35.1 Å². The highest BCUT2D eigenvalue weighted by molar-refractivity contribution is 7.10. The van der Waals surface area contributed by atoms with E-state index < -0.39 is 6.10 Å². The number of thiophene rings is 1. The normalized spacial score (nSPS) is 14.4. The van der Waals surface area contributed by atoms with Gasteiger partial charge in [-0.1, -0.05) is 35.9 Å².